The van der Waals surface area contributed by atoms with E-state index < -0.39 is 6.10 Å². The van der Waals surface area contributed by atoms with Crippen LogP contribution in [0.5, 0.6) is 5.75 Å². The zero-order valence-electron chi connectivity index (χ0n) is 11.4. The summed E-state index contributed by atoms with van der Waals surface area (Å²) >= 11 is 0. The maximum Gasteiger partial charge on any atom is 0.139 e. The van der Waals surface area contributed by atoms with Gasteiger partial charge in [-0.1, -0.05) is 30.3 Å². The van der Waals surface area contributed by atoms with E-state index in [4.69, 9.17) is 15.2 Å². The third-order valence-corrected chi connectivity index (χ3v) is 2.95. The van der Waals surface area contributed by atoms with Gasteiger partial charge in [0.15, 0.2) is 0 Å². The topological polar surface area (TPSA) is 44.5 Å². The summed E-state index contributed by atoms with van der Waals surface area (Å²) < 4.78 is 24.6. The minimum atomic E-state index is -0.506. The Kier molecular flexibility index (Phi) is 5.09. The summed E-state index contributed by atoms with van der Waals surface area (Å²) in [6, 6.07) is 14.0. The zero-order valence-corrected chi connectivity index (χ0v) is 11.4. The van der Waals surface area contributed by atoms with Gasteiger partial charge in [0.2, 0.25) is 0 Å². The van der Waals surface area contributed by atoms with Gasteiger partial charge >= 0.3 is 0 Å². The molecule has 2 aromatic carbocycles. The summed E-state index contributed by atoms with van der Waals surface area (Å²) in [5.74, 6) is 0.342. The maximum absolute atomic E-state index is 13.8. The number of nitrogens with two attached hydrogens (primary N) is 1. The van der Waals surface area contributed by atoms with Crippen LogP contribution >= 0.6 is 0 Å². The predicted molar refractivity (Wildman–Crippen MR) is 76.0 cm³/mol. The normalized spacial score (nSPS) is 12.2. The quantitative estimate of drug-likeness (QED) is 0.881. The molecule has 1 atom stereocenters. The highest BCUT2D eigenvalue weighted by molar-refractivity contribution is 5.30. The van der Waals surface area contributed by atoms with Crippen LogP contribution in [0.4, 0.5) is 4.39 Å². The molecule has 0 saturated carbocycles. The third-order valence-electron chi connectivity index (χ3n) is 2.95. The largest absolute Gasteiger partial charge is 0.484 e. The molecule has 0 aromatic heterocycles. The lowest BCUT2D eigenvalue weighted by molar-refractivity contribution is 0.182. The molecule has 3 nitrogen and oxygen atoms in total. The molecule has 0 bridgehead atoms. The number of hydrogen-bond donors (Lipinski definition) is 1. The molecule has 0 amide bonds. The molecule has 0 saturated heterocycles. The second kappa shape index (κ2) is 7.03. The summed E-state index contributed by atoms with van der Waals surface area (Å²) in [5, 5.41) is 0. The smallest absolute Gasteiger partial charge is 0.139 e. The first-order chi connectivity index (χ1) is 9.74. The molecule has 0 aliphatic heterocycles. The Bertz CT molecular complexity index is 560. The van der Waals surface area contributed by atoms with Crippen LogP contribution in [0.25, 0.3) is 0 Å². The standard InChI is InChI=1S/C16H18FNO2/c1-19-11-12-5-4-6-13(9-12)20-16(10-18)14-7-2-3-8-15(14)17/h2-9,16H,10-11,18H2,1H3. The number of hydrogen-bond acceptors (Lipinski definition) is 3. The minimum Gasteiger partial charge on any atom is -0.484 e. The average molecular weight is 275 g/mol. The Morgan fingerprint density at radius 2 is 1.95 bits per heavy atom. The Morgan fingerprint density at radius 1 is 1.15 bits per heavy atom. The lowest BCUT2D eigenvalue weighted by Crippen LogP contribution is -2.19. The van der Waals surface area contributed by atoms with E-state index in [1.54, 1.807) is 25.3 Å². The van der Waals surface area contributed by atoms with E-state index in [1.165, 1.54) is 6.07 Å². The van der Waals surface area contributed by atoms with Crippen molar-refractivity contribution >= 4 is 0 Å². The Balaban J connectivity index is 2.18. The predicted octanol–water partition coefficient (Wildman–Crippen LogP) is 3.05. The first-order valence-electron chi connectivity index (χ1n) is 6.43. The van der Waals surface area contributed by atoms with Gasteiger partial charge in [-0.2, -0.15) is 0 Å². The molecule has 0 spiro atoms. The molecule has 4 heteroatoms. The summed E-state index contributed by atoms with van der Waals surface area (Å²) in [5.41, 5.74) is 7.16. The van der Waals surface area contributed by atoms with Crippen molar-refractivity contribution in [1.82, 2.24) is 0 Å². The summed E-state index contributed by atoms with van der Waals surface area (Å²) in [6.07, 6.45) is -0.506. The highest BCUT2D eigenvalue weighted by Gasteiger charge is 2.15. The number of benzene rings is 2. The van der Waals surface area contributed by atoms with E-state index in [2.05, 4.69) is 0 Å². The van der Waals surface area contributed by atoms with E-state index >= 15 is 0 Å². The van der Waals surface area contributed by atoms with E-state index in [0.717, 1.165) is 5.56 Å². The van der Waals surface area contributed by atoms with Crippen molar-refractivity contribution in [2.75, 3.05) is 13.7 Å². The summed E-state index contributed by atoms with van der Waals surface area (Å²) in [6.45, 7) is 0.708. The number of halogens is 1. The summed E-state index contributed by atoms with van der Waals surface area (Å²) in [4.78, 5) is 0. The molecule has 20 heavy (non-hydrogen) atoms. The highest BCUT2D eigenvalue weighted by atomic mass is 19.1. The van der Waals surface area contributed by atoms with Gasteiger partial charge in [0, 0.05) is 19.2 Å². The van der Waals surface area contributed by atoms with Gasteiger partial charge in [-0.05, 0) is 23.8 Å². The molecule has 0 radical (unpaired) electrons. The molecule has 0 aliphatic carbocycles. The Hall–Kier alpha value is -1.91. The molecule has 0 heterocycles. The first kappa shape index (κ1) is 14.5. The maximum atomic E-state index is 13.8. The van der Waals surface area contributed by atoms with Crippen molar-refractivity contribution in [1.29, 1.82) is 0 Å². The van der Waals surface area contributed by atoms with E-state index in [1.807, 2.05) is 24.3 Å². The van der Waals surface area contributed by atoms with Crippen LogP contribution in [0, 0.1) is 5.82 Å². The van der Waals surface area contributed by atoms with Crippen molar-refractivity contribution in [2.45, 2.75) is 12.7 Å². The highest BCUT2D eigenvalue weighted by Crippen LogP contribution is 2.24. The van der Waals surface area contributed by atoms with Crippen molar-refractivity contribution in [3.63, 3.8) is 0 Å². The monoisotopic (exact) mass is 275 g/mol. The molecule has 1 unspecified atom stereocenters. The van der Waals surface area contributed by atoms with Crippen molar-refractivity contribution in [3.05, 3.63) is 65.5 Å². The average Bonchev–Trinajstić information content (AvgIpc) is 2.46. The lowest BCUT2D eigenvalue weighted by atomic mass is 10.1. The number of ether oxygens (including phenoxy) is 2. The van der Waals surface area contributed by atoms with Crippen LogP contribution in [-0.4, -0.2) is 13.7 Å². The second-order valence-electron chi connectivity index (χ2n) is 4.44. The van der Waals surface area contributed by atoms with Crippen LogP contribution in [-0.2, 0) is 11.3 Å². The molecule has 2 N–H and O–H groups in total. The van der Waals surface area contributed by atoms with Crippen LogP contribution in [0.1, 0.15) is 17.2 Å². The molecule has 0 aliphatic rings. The van der Waals surface area contributed by atoms with Crippen LogP contribution in [0.2, 0.25) is 0 Å². The van der Waals surface area contributed by atoms with Gasteiger partial charge in [0.25, 0.3) is 0 Å². The zero-order chi connectivity index (χ0) is 14.4. The fraction of sp³-hybridized carbons (Fsp3) is 0.250. The minimum absolute atomic E-state index is 0.204. The Labute approximate surface area is 118 Å². The van der Waals surface area contributed by atoms with Crippen molar-refractivity contribution in [2.24, 2.45) is 5.73 Å². The first-order valence-corrected chi connectivity index (χ1v) is 6.43. The van der Waals surface area contributed by atoms with Gasteiger partial charge in [0.1, 0.15) is 17.7 Å². The molecule has 0 fully saturated rings. The van der Waals surface area contributed by atoms with Gasteiger partial charge in [-0.3, -0.25) is 0 Å². The third kappa shape index (κ3) is 3.56. The van der Waals surface area contributed by atoms with E-state index in [-0.39, 0.29) is 12.4 Å². The van der Waals surface area contributed by atoms with Crippen LogP contribution < -0.4 is 10.5 Å². The van der Waals surface area contributed by atoms with Crippen molar-refractivity contribution < 1.29 is 13.9 Å². The molecular formula is C16H18FNO2. The Morgan fingerprint density at radius 3 is 2.65 bits per heavy atom. The van der Waals surface area contributed by atoms with Crippen LogP contribution in [0.3, 0.4) is 0 Å². The SMILES string of the molecule is COCc1cccc(OC(CN)c2ccccc2F)c1. The fourth-order valence-electron chi connectivity index (χ4n) is 2.01. The lowest BCUT2D eigenvalue weighted by Gasteiger charge is -2.18. The molecule has 2 rings (SSSR count). The van der Waals surface area contributed by atoms with Gasteiger partial charge in [-0.15, -0.1) is 0 Å². The summed E-state index contributed by atoms with van der Waals surface area (Å²) in [7, 11) is 1.63. The molecule has 2 aromatic rings. The molecular weight excluding hydrogens is 257 g/mol. The van der Waals surface area contributed by atoms with Crippen LogP contribution in [0.15, 0.2) is 48.5 Å². The molecule has 106 valence electrons. The van der Waals surface area contributed by atoms with Gasteiger partial charge in [-0.25, -0.2) is 4.39 Å². The van der Waals surface area contributed by atoms with Crippen molar-refractivity contribution in [3.8, 4) is 5.75 Å². The number of methoxy groups -OCH3 is 1. The van der Waals surface area contributed by atoms with E-state index in [0.29, 0.717) is 17.9 Å². The van der Waals surface area contributed by atoms with Gasteiger partial charge < -0.3 is 15.2 Å². The second-order valence-corrected chi connectivity index (χ2v) is 4.44. The van der Waals surface area contributed by atoms with E-state index in [9.17, 15) is 4.39 Å². The van der Waals surface area contributed by atoms with Gasteiger partial charge in [0.05, 0.1) is 6.61 Å². The fourth-order valence-corrected chi connectivity index (χ4v) is 2.01. The number of rotatable bonds is 6.